The third kappa shape index (κ3) is 6.85. The number of nitrogens with one attached hydrogen (secondary N) is 2. The van der Waals surface area contributed by atoms with Crippen molar-refractivity contribution in [1.29, 1.82) is 0 Å². The molecule has 0 saturated carbocycles. The van der Waals surface area contributed by atoms with Crippen molar-refractivity contribution in [2.75, 3.05) is 52.5 Å². The highest BCUT2D eigenvalue weighted by Gasteiger charge is 2.29. The van der Waals surface area contributed by atoms with Crippen LogP contribution in [-0.2, 0) is 9.47 Å². The molecule has 8 heteroatoms. The Balaban J connectivity index is 0.00000261. The summed E-state index contributed by atoms with van der Waals surface area (Å²) in [5, 5.41) is 9.08. The van der Waals surface area contributed by atoms with E-state index in [1.807, 2.05) is 11.3 Å². The molecule has 2 atom stereocenters. The van der Waals surface area contributed by atoms with Crippen molar-refractivity contribution in [3.63, 3.8) is 0 Å². The predicted molar refractivity (Wildman–Crippen MR) is 122 cm³/mol. The molecule has 2 N–H and O–H groups in total. The molecule has 2 aliphatic heterocycles. The fraction of sp³-hybridized carbons (Fsp3) is 0.737. The molecule has 3 rings (SSSR count). The Morgan fingerprint density at radius 3 is 2.78 bits per heavy atom. The Morgan fingerprint density at radius 2 is 2.15 bits per heavy atom. The minimum absolute atomic E-state index is 0. The maximum absolute atomic E-state index is 5.87. The second-order valence-electron chi connectivity index (χ2n) is 7.16. The largest absolute Gasteiger partial charge is 0.379 e. The van der Waals surface area contributed by atoms with Crippen molar-refractivity contribution in [2.24, 2.45) is 4.99 Å². The Bertz CT molecular complexity index is 558. The van der Waals surface area contributed by atoms with Crippen LogP contribution in [-0.4, -0.2) is 69.0 Å². The van der Waals surface area contributed by atoms with Crippen LogP contribution >= 0.6 is 35.3 Å². The average molecular weight is 508 g/mol. The van der Waals surface area contributed by atoms with Crippen molar-refractivity contribution >= 4 is 41.3 Å². The number of rotatable bonds is 7. The van der Waals surface area contributed by atoms with Crippen LogP contribution in [0.1, 0.15) is 37.6 Å². The molecule has 3 heterocycles. The fourth-order valence-electron chi connectivity index (χ4n) is 3.52. The third-order valence-electron chi connectivity index (χ3n) is 5.04. The zero-order chi connectivity index (χ0) is 18.2. The number of hydrogen-bond acceptors (Lipinski definition) is 5. The molecule has 0 radical (unpaired) electrons. The van der Waals surface area contributed by atoms with E-state index in [2.05, 4.69) is 46.9 Å². The number of aliphatic imine (C=N–C) groups is 1. The molecule has 2 saturated heterocycles. The number of ether oxygens (including phenoxy) is 2. The highest BCUT2D eigenvalue weighted by molar-refractivity contribution is 14.0. The number of morpholine rings is 1. The van der Waals surface area contributed by atoms with Gasteiger partial charge in [0.05, 0.1) is 31.4 Å². The van der Waals surface area contributed by atoms with Crippen LogP contribution in [0.5, 0.6) is 0 Å². The number of halogens is 1. The molecule has 2 aliphatic rings. The second kappa shape index (κ2) is 11.5. The summed E-state index contributed by atoms with van der Waals surface area (Å²) in [6.07, 6.45) is 2.22. The summed E-state index contributed by atoms with van der Waals surface area (Å²) in [5.74, 6) is 0.874. The van der Waals surface area contributed by atoms with Crippen molar-refractivity contribution in [3.05, 3.63) is 22.4 Å². The summed E-state index contributed by atoms with van der Waals surface area (Å²) < 4.78 is 11.4. The van der Waals surface area contributed by atoms with E-state index in [-0.39, 0.29) is 29.6 Å². The van der Waals surface area contributed by atoms with Crippen molar-refractivity contribution in [2.45, 2.75) is 38.3 Å². The van der Waals surface area contributed by atoms with Crippen molar-refractivity contribution < 1.29 is 9.47 Å². The van der Waals surface area contributed by atoms with Gasteiger partial charge >= 0.3 is 0 Å². The van der Waals surface area contributed by atoms with Gasteiger partial charge in [-0.25, -0.2) is 0 Å². The maximum atomic E-state index is 5.87. The Labute approximate surface area is 184 Å². The Morgan fingerprint density at radius 1 is 1.33 bits per heavy atom. The van der Waals surface area contributed by atoms with Crippen molar-refractivity contribution in [1.82, 2.24) is 15.5 Å². The molecular weight excluding hydrogens is 475 g/mol. The molecule has 0 aliphatic carbocycles. The van der Waals surface area contributed by atoms with Gasteiger partial charge in [-0.05, 0) is 38.1 Å². The van der Waals surface area contributed by atoms with Crippen LogP contribution in [0.25, 0.3) is 0 Å². The summed E-state index contributed by atoms with van der Waals surface area (Å²) in [5.41, 5.74) is -0.111. The smallest absolute Gasteiger partial charge is 0.191 e. The van der Waals surface area contributed by atoms with Crippen LogP contribution in [0.15, 0.2) is 22.5 Å². The first-order chi connectivity index (χ1) is 12.7. The van der Waals surface area contributed by atoms with Gasteiger partial charge in [-0.1, -0.05) is 6.07 Å². The zero-order valence-corrected chi connectivity index (χ0v) is 19.6. The first-order valence-corrected chi connectivity index (χ1v) is 10.6. The first kappa shape index (κ1) is 22.9. The molecule has 1 aromatic heterocycles. The first-order valence-electron chi connectivity index (χ1n) is 9.71. The van der Waals surface area contributed by atoms with Gasteiger partial charge in [0.25, 0.3) is 0 Å². The molecule has 27 heavy (non-hydrogen) atoms. The van der Waals surface area contributed by atoms with Crippen LogP contribution in [0, 0.1) is 0 Å². The van der Waals surface area contributed by atoms with Crippen LogP contribution < -0.4 is 10.6 Å². The molecular formula is C19H33IN4O2S. The zero-order valence-electron chi connectivity index (χ0n) is 16.4. The fourth-order valence-corrected chi connectivity index (χ4v) is 4.38. The summed E-state index contributed by atoms with van der Waals surface area (Å²) in [6, 6.07) is 4.70. The monoisotopic (exact) mass is 508 g/mol. The normalized spacial score (nSPS) is 25.0. The molecule has 154 valence electrons. The number of guanidine groups is 1. The van der Waals surface area contributed by atoms with E-state index < -0.39 is 0 Å². The van der Waals surface area contributed by atoms with Gasteiger partial charge < -0.3 is 20.1 Å². The predicted octanol–water partition coefficient (Wildman–Crippen LogP) is 2.86. The van der Waals surface area contributed by atoms with Crippen LogP contribution in [0.4, 0.5) is 0 Å². The molecule has 0 bridgehead atoms. The van der Waals surface area contributed by atoms with E-state index >= 15 is 0 Å². The van der Waals surface area contributed by atoms with Gasteiger partial charge in [0.1, 0.15) is 0 Å². The lowest BCUT2D eigenvalue weighted by Gasteiger charge is -2.34. The third-order valence-corrected chi connectivity index (χ3v) is 6.01. The number of hydrogen-bond donors (Lipinski definition) is 2. The highest BCUT2D eigenvalue weighted by atomic mass is 127. The molecule has 0 aromatic carbocycles. The average Bonchev–Trinajstić information content (AvgIpc) is 3.33. The molecule has 0 amide bonds. The lowest BCUT2D eigenvalue weighted by molar-refractivity contribution is 0.0176. The quantitative estimate of drug-likeness (QED) is 0.337. The Kier molecular flexibility index (Phi) is 9.78. The van der Waals surface area contributed by atoms with Crippen molar-refractivity contribution in [3.8, 4) is 0 Å². The van der Waals surface area contributed by atoms with Gasteiger partial charge in [0, 0.05) is 37.7 Å². The van der Waals surface area contributed by atoms with Gasteiger partial charge in [-0.3, -0.25) is 9.89 Å². The Hall–Kier alpha value is -0.420. The number of nitrogens with zero attached hydrogens (tertiary/aromatic N) is 2. The molecule has 2 unspecified atom stereocenters. The highest BCUT2D eigenvalue weighted by Crippen LogP contribution is 2.26. The van der Waals surface area contributed by atoms with E-state index in [1.165, 1.54) is 4.88 Å². The van der Waals surface area contributed by atoms with Crippen LogP contribution in [0.3, 0.4) is 0 Å². The lowest BCUT2D eigenvalue weighted by atomic mass is 10.0. The summed E-state index contributed by atoms with van der Waals surface area (Å²) >= 11 is 1.82. The minimum Gasteiger partial charge on any atom is -0.379 e. The van der Waals surface area contributed by atoms with E-state index in [0.29, 0.717) is 12.6 Å². The van der Waals surface area contributed by atoms with E-state index in [1.54, 1.807) is 0 Å². The summed E-state index contributed by atoms with van der Waals surface area (Å²) in [4.78, 5) is 8.69. The van der Waals surface area contributed by atoms with Gasteiger partial charge in [0.2, 0.25) is 0 Å². The van der Waals surface area contributed by atoms with Crippen LogP contribution in [0.2, 0.25) is 0 Å². The SMILES string of the molecule is CCNC(=NCC1(C)CCCO1)NCC(c1cccs1)N1CCOCC1.I. The second-order valence-corrected chi connectivity index (χ2v) is 8.14. The maximum Gasteiger partial charge on any atom is 0.191 e. The summed E-state index contributed by atoms with van der Waals surface area (Å²) in [6.45, 7) is 11.1. The topological polar surface area (TPSA) is 58.1 Å². The van der Waals surface area contributed by atoms with Gasteiger partial charge in [-0.2, -0.15) is 0 Å². The molecule has 0 spiro atoms. The van der Waals surface area contributed by atoms with E-state index in [9.17, 15) is 0 Å². The molecule has 6 nitrogen and oxygen atoms in total. The van der Waals surface area contributed by atoms with E-state index in [0.717, 1.165) is 64.8 Å². The van der Waals surface area contributed by atoms with Gasteiger partial charge in [0.15, 0.2) is 5.96 Å². The number of thiophene rings is 1. The lowest BCUT2D eigenvalue weighted by Crippen LogP contribution is -2.46. The summed E-state index contributed by atoms with van der Waals surface area (Å²) in [7, 11) is 0. The standard InChI is InChI=1S/C19H32N4O2S.HI/c1-3-20-18(22-15-19(2)7-5-10-25-19)21-14-16(17-6-4-13-26-17)23-8-11-24-12-9-23;/h4,6,13,16H,3,5,7-12,14-15H2,1-2H3,(H2,20,21,22);1H. The minimum atomic E-state index is -0.111. The van der Waals surface area contributed by atoms with Gasteiger partial charge in [-0.15, -0.1) is 35.3 Å². The molecule has 1 aromatic rings. The van der Waals surface area contributed by atoms with E-state index in [4.69, 9.17) is 14.5 Å². The molecule has 2 fully saturated rings.